The lowest BCUT2D eigenvalue weighted by atomic mass is 9.71. The summed E-state index contributed by atoms with van der Waals surface area (Å²) in [6.07, 6.45) is -6.63. The molecule has 216 valence electrons. The van der Waals surface area contributed by atoms with E-state index in [0.29, 0.717) is 38.5 Å². The van der Waals surface area contributed by atoms with Gasteiger partial charge in [-0.1, -0.05) is 87.2 Å². The standard InChI is InChI=1S/C35H34F6/c1-5-9-13-17-27-21-23-31(25-29(27)19-15-11-7-3)33(34(36,37)38,35(39,40)41)32-24-22-28(18-14-10-6-2)30(26-32)20-16-12-8-4/h21-26H,5-12H2,1-4H3. The largest absolute Gasteiger partial charge is 0.411 e. The number of hydrogen-bond donors (Lipinski definition) is 0. The molecule has 0 amide bonds. The van der Waals surface area contributed by atoms with Gasteiger partial charge in [-0.2, -0.15) is 26.3 Å². The van der Waals surface area contributed by atoms with Crippen LogP contribution in [0.3, 0.4) is 0 Å². The minimum absolute atomic E-state index is 0.0300. The molecule has 41 heavy (non-hydrogen) atoms. The summed E-state index contributed by atoms with van der Waals surface area (Å²) in [5.41, 5.74) is -5.64. The van der Waals surface area contributed by atoms with Gasteiger partial charge in [0.2, 0.25) is 5.41 Å². The first kappa shape index (κ1) is 33.5. The van der Waals surface area contributed by atoms with Crippen molar-refractivity contribution in [1.82, 2.24) is 0 Å². The lowest BCUT2D eigenvalue weighted by Gasteiger charge is -2.38. The van der Waals surface area contributed by atoms with Crippen LogP contribution in [0.5, 0.6) is 0 Å². The van der Waals surface area contributed by atoms with Crippen molar-refractivity contribution in [3.05, 3.63) is 69.8 Å². The summed E-state index contributed by atoms with van der Waals surface area (Å²) in [6, 6.07) is 5.89. The Morgan fingerprint density at radius 1 is 0.463 bits per heavy atom. The zero-order valence-corrected chi connectivity index (χ0v) is 23.9. The van der Waals surface area contributed by atoms with Crippen LogP contribution in [0.2, 0.25) is 0 Å². The molecule has 0 heterocycles. The van der Waals surface area contributed by atoms with Crippen molar-refractivity contribution < 1.29 is 26.3 Å². The molecular formula is C35H34F6. The molecule has 0 aliphatic heterocycles. The van der Waals surface area contributed by atoms with Crippen molar-refractivity contribution in [2.45, 2.75) is 96.8 Å². The summed E-state index contributed by atoms with van der Waals surface area (Å²) in [6.45, 7) is 7.59. The monoisotopic (exact) mass is 568 g/mol. The predicted molar refractivity (Wildman–Crippen MR) is 153 cm³/mol. The fraction of sp³-hybridized carbons (Fsp3) is 0.429. The van der Waals surface area contributed by atoms with Crippen LogP contribution in [0.15, 0.2) is 36.4 Å². The highest BCUT2D eigenvalue weighted by molar-refractivity contribution is 5.59. The van der Waals surface area contributed by atoms with E-state index in [4.69, 9.17) is 0 Å². The molecule has 0 atom stereocenters. The average molecular weight is 569 g/mol. The molecular weight excluding hydrogens is 534 g/mol. The number of rotatable bonds is 6. The second-order valence-electron chi connectivity index (χ2n) is 9.47. The van der Waals surface area contributed by atoms with E-state index >= 15 is 0 Å². The van der Waals surface area contributed by atoms with E-state index in [1.807, 2.05) is 27.7 Å². The van der Waals surface area contributed by atoms with Crippen LogP contribution in [0.25, 0.3) is 0 Å². The van der Waals surface area contributed by atoms with Gasteiger partial charge in [0.15, 0.2) is 0 Å². The Morgan fingerprint density at radius 3 is 1.02 bits per heavy atom. The molecule has 2 rings (SSSR count). The molecule has 0 radical (unpaired) electrons. The SMILES string of the molecule is CCCC#Cc1ccc(C(c2ccc(C#CCCC)c(C#CCCC)c2)(C(F)(F)F)C(F)(F)F)cc1C#CCCC. The second kappa shape index (κ2) is 15.3. The van der Waals surface area contributed by atoms with E-state index in [1.165, 1.54) is 12.1 Å². The number of halogens is 6. The highest BCUT2D eigenvalue weighted by Crippen LogP contribution is 2.56. The fourth-order valence-electron chi connectivity index (χ4n) is 4.09. The van der Waals surface area contributed by atoms with E-state index < -0.39 is 28.9 Å². The highest BCUT2D eigenvalue weighted by atomic mass is 19.4. The maximum atomic E-state index is 15.0. The van der Waals surface area contributed by atoms with E-state index in [9.17, 15) is 26.3 Å². The van der Waals surface area contributed by atoms with Gasteiger partial charge >= 0.3 is 12.4 Å². The van der Waals surface area contributed by atoms with Gasteiger partial charge in [0.25, 0.3) is 0 Å². The number of unbranched alkanes of at least 4 members (excludes halogenated alkanes) is 4. The molecule has 0 aliphatic carbocycles. The van der Waals surface area contributed by atoms with Crippen LogP contribution in [-0.2, 0) is 5.41 Å². The lowest BCUT2D eigenvalue weighted by molar-refractivity contribution is -0.288. The lowest BCUT2D eigenvalue weighted by Crippen LogP contribution is -2.54. The number of hydrogen-bond acceptors (Lipinski definition) is 0. The van der Waals surface area contributed by atoms with Crippen LogP contribution < -0.4 is 0 Å². The molecule has 2 aromatic carbocycles. The molecule has 2 aromatic rings. The predicted octanol–water partition coefficient (Wildman–Crippen LogP) is 9.70. The molecule has 0 N–H and O–H groups in total. The van der Waals surface area contributed by atoms with Gasteiger partial charge in [-0.3, -0.25) is 0 Å². The van der Waals surface area contributed by atoms with E-state index in [-0.39, 0.29) is 22.3 Å². The minimum atomic E-state index is -5.74. The summed E-state index contributed by atoms with van der Waals surface area (Å²) >= 11 is 0. The third-order valence-electron chi connectivity index (χ3n) is 6.15. The third kappa shape index (κ3) is 8.15. The Bertz CT molecular complexity index is 1320. The third-order valence-corrected chi connectivity index (χ3v) is 6.15. The summed E-state index contributed by atoms with van der Waals surface area (Å²) in [5, 5.41) is 0. The van der Waals surface area contributed by atoms with Crippen molar-refractivity contribution in [2.24, 2.45) is 0 Å². The molecule has 0 unspecified atom stereocenters. The van der Waals surface area contributed by atoms with E-state index in [0.717, 1.165) is 37.1 Å². The van der Waals surface area contributed by atoms with Crippen molar-refractivity contribution in [3.8, 4) is 47.4 Å². The Labute approximate surface area is 240 Å². The molecule has 0 aromatic heterocycles. The Kier molecular flexibility index (Phi) is 12.5. The molecule has 0 nitrogen and oxygen atoms in total. The summed E-state index contributed by atoms with van der Waals surface area (Å²) in [4.78, 5) is 0. The van der Waals surface area contributed by atoms with Gasteiger partial charge in [-0.15, -0.1) is 0 Å². The smallest absolute Gasteiger partial charge is 0.169 e. The summed E-state index contributed by atoms with van der Waals surface area (Å²) in [5.74, 6) is 22.7. The maximum absolute atomic E-state index is 15.0. The van der Waals surface area contributed by atoms with Gasteiger partial charge in [-0.05, 0) is 61.1 Å². The Morgan fingerprint density at radius 2 is 0.756 bits per heavy atom. The summed E-state index contributed by atoms with van der Waals surface area (Å²) in [7, 11) is 0. The minimum Gasteiger partial charge on any atom is -0.169 e. The Hall–Kier alpha value is -3.74. The van der Waals surface area contributed by atoms with Crippen molar-refractivity contribution in [2.75, 3.05) is 0 Å². The number of alkyl halides is 6. The van der Waals surface area contributed by atoms with Gasteiger partial charge in [0.1, 0.15) is 0 Å². The van der Waals surface area contributed by atoms with Crippen LogP contribution in [0, 0.1) is 47.4 Å². The van der Waals surface area contributed by atoms with Crippen LogP contribution in [0.4, 0.5) is 26.3 Å². The topological polar surface area (TPSA) is 0 Å². The zero-order chi connectivity index (χ0) is 30.5. The molecule has 6 heteroatoms. The summed E-state index contributed by atoms with van der Waals surface area (Å²) < 4.78 is 89.8. The molecule has 0 spiro atoms. The first-order chi connectivity index (χ1) is 19.5. The molecule has 0 aliphatic rings. The Balaban J connectivity index is 2.99. The average Bonchev–Trinajstić information content (AvgIpc) is 2.90. The highest BCUT2D eigenvalue weighted by Gasteiger charge is 2.72. The molecule has 0 saturated heterocycles. The first-order valence-corrected chi connectivity index (χ1v) is 13.9. The molecule has 0 saturated carbocycles. The van der Waals surface area contributed by atoms with Gasteiger partial charge in [-0.25, -0.2) is 0 Å². The first-order valence-electron chi connectivity index (χ1n) is 13.9. The maximum Gasteiger partial charge on any atom is 0.411 e. The van der Waals surface area contributed by atoms with Crippen molar-refractivity contribution in [3.63, 3.8) is 0 Å². The van der Waals surface area contributed by atoms with Gasteiger partial charge in [0, 0.05) is 47.9 Å². The van der Waals surface area contributed by atoms with Crippen molar-refractivity contribution >= 4 is 0 Å². The quantitative estimate of drug-likeness (QED) is 0.240. The number of benzene rings is 2. The second-order valence-corrected chi connectivity index (χ2v) is 9.47. The van der Waals surface area contributed by atoms with Crippen LogP contribution >= 0.6 is 0 Å². The molecule has 0 fully saturated rings. The van der Waals surface area contributed by atoms with Gasteiger partial charge in [0.05, 0.1) is 0 Å². The van der Waals surface area contributed by atoms with E-state index in [2.05, 4.69) is 47.4 Å². The van der Waals surface area contributed by atoms with E-state index in [1.54, 1.807) is 0 Å². The van der Waals surface area contributed by atoms with Gasteiger partial charge < -0.3 is 0 Å². The fourth-order valence-corrected chi connectivity index (χ4v) is 4.09. The van der Waals surface area contributed by atoms with Crippen LogP contribution in [-0.4, -0.2) is 12.4 Å². The normalized spacial score (nSPS) is 11.2. The zero-order valence-electron chi connectivity index (χ0n) is 23.9. The van der Waals surface area contributed by atoms with Crippen LogP contribution in [0.1, 0.15) is 112 Å². The molecule has 0 bridgehead atoms. The van der Waals surface area contributed by atoms with Crippen molar-refractivity contribution in [1.29, 1.82) is 0 Å².